The smallest absolute Gasteiger partial charge is 0.160 e. The van der Waals surface area contributed by atoms with E-state index in [-0.39, 0.29) is 17.3 Å². The van der Waals surface area contributed by atoms with Gasteiger partial charge in [-0.15, -0.1) is 0 Å². The molecule has 0 aliphatic carbocycles. The average Bonchev–Trinajstić information content (AvgIpc) is 3.72. The highest BCUT2D eigenvalue weighted by Crippen LogP contribution is 2.39. The minimum absolute atomic E-state index is 0.0659. The Morgan fingerprint density at radius 2 is 1.30 bits per heavy atom. The maximum absolute atomic E-state index is 5.01. The van der Waals surface area contributed by atoms with Crippen LogP contribution in [0.15, 0.2) is 77.8 Å². The number of hydrogen-bond donors (Lipinski definition) is 3. The van der Waals surface area contributed by atoms with Crippen molar-refractivity contribution >= 4 is 19.2 Å². The predicted molar refractivity (Wildman–Crippen MR) is 183 cm³/mol. The third-order valence-corrected chi connectivity index (χ3v) is 9.44. The Morgan fingerprint density at radius 1 is 0.721 bits per heavy atom. The molecule has 0 saturated carbocycles. The number of H-pyrrole nitrogens is 3. The SMILES string of the molecule is Bc1ccc(C(c2ccc(C(c3ccc(C)cc3)c3ccc(CC4N=C(C)CC4(C)C)[nH]3)[nH]2)c2c(C)cc(C)cc2C)[nH]1. The molecule has 43 heavy (non-hydrogen) atoms. The van der Waals surface area contributed by atoms with Crippen molar-refractivity contribution in [3.05, 3.63) is 135 Å². The Bertz CT molecular complexity index is 1760. The lowest BCUT2D eigenvalue weighted by molar-refractivity contribution is 0.320. The van der Waals surface area contributed by atoms with E-state index in [1.807, 2.05) is 0 Å². The molecule has 1 aliphatic rings. The normalized spacial score (nSPS) is 17.7. The Morgan fingerprint density at radius 3 is 1.91 bits per heavy atom. The highest BCUT2D eigenvalue weighted by atomic mass is 14.9. The van der Waals surface area contributed by atoms with Gasteiger partial charge >= 0.3 is 0 Å². The van der Waals surface area contributed by atoms with Crippen molar-refractivity contribution in [2.75, 3.05) is 0 Å². The van der Waals surface area contributed by atoms with E-state index in [2.05, 4.69) is 144 Å². The van der Waals surface area contributed by atoms with E-state index in [1.165, 1.54) is 73.2 Å². The highest BCUT2D eigenvalue weighted by molar-refractivity contribution is 6.30. The number of aromatic nitrogens is 3. The summed E-state index contributed by atoms with van der Waals surface area (Å²) in [6, 6.07) is 27.4. The lowest BCUT2D eigenvalue weighted by Gasteiger charge is -2.25. The van der Waals surface area contributed by atoms with Gasteiger partial charge in [-0.3, -0.25) is 4.99 Å². The molecule has 0 fully saturated rings. The molecule has 0 amide bonds. The molecule has 4 nitrogen and oxygen atoms in total. The molecule has 0 spiro atoms. The maximum atomic E-state index is 5.01. The zero-order valence-electron chi connectivity index (χ0n) is 27.0. The zero-order chi connectivity index (χ0) is 30.5. The van der Waals surface area contributed by atoms with E-state index in [9.17, 15) is 0 Å². The second-order valence-electron chi connectivity index (χ2n) is 13.7. The topological polar surface area (TPSA) is 59.7 Å². The van der Waals surface area contributed by atoms with Crippen LogP contribution in [0.5, 0.6) is 0 Å². The molecule has 5 heteroatoms. The first-order valence-corrected chi connectivity index (χ1v) is 15.7. The Labute approximate surface area is 257 Å². The first-order chi connectivity index (χ1) is 20.5. The maximum Gasteiger partial charge on any atom is 0.160 e. The standard InChI is InChI=1S/C38H45BN4/c1-22-8-10-27(11-9-22)36(29-13-12-28(41-29)20-33-38(6,7)21-26(5)40-33)30-14-15-31(42-30)37(32-16-17-34(39)43-32)35-24(3)18-23(2)19-25(35)4/h8-19,33,36-37,41-43H,20-21,39H2,1-7H3. The third kappa shape index (κ3) is 5.82. The Balaban J connectivity index is 1.41. The van der Waals surface area contributed by atoms with Crippen molar-refractivity contribution in [2.24, 2.45) is 10.4 Å². The summed E-state index contributed by atoms with van der Waals surface area (Å²) in [5, 5.41) is 0. The number of aliphatic imine (C=N–C) groups is 1. The summed E-state index contributed by atoms with van der Waals surface area (Å²) in [5.74, 6) is 0.155. The fraction of sp³-hybridized carbons (Fsp3) is 0.342. The summed E-state index contributed by atoms with van der Waals surface area (Å²) < 4.78 is 0. The van der Waals surface area contributed by atoms with E-state index >= 15 is 0 Å². The molecule has 0 radical (unpaired) electrons. The molecule has 220 valence electrons. The van der Waals surface area contributed by atoms with Crippen LogP contribution in [0.1, 0.15) is 101 Å². The van der Waals surface area contributed by atoms with E-state index in [1.54, 1.807) is 0 Å². The van der Waals surface area contributed by atoms with Crippen molar-refractivity contribution < 1.29 is 0 Å². The second-order valence-corrected chi connectivity index (χ2v) is 13.7. The summed E-state index contributed by atoms with van der Waals surface area (Å²) in [6.45, 7) is 15.7. The molecule has 3 unspecified atom stereocenters. The van der Waals surface area contributed by atoms with Crippen LogP contribution in [0.4, 0.5) is 0 Å². The van der Waals surface area contributed by atoms with Gasteiger partial charge in [0.05, 0.1) is 17.9 Å². The van der Waals surface area contributed by atoms with Crippen molar-refractivity contribution in [3.8, 4) is 0 Å². The van der Waals surface area contributed by atoms with Gasteiger partial charge in [0.1, 0.15) is 0 Å². The molecule has 1 aliphatic heterocycles. The van der Waals surface area contributed by atoms with Crippen LogP contribution in [0, 0.1) is 33.1 Å². The van der Waals surface area contributed by atoms with E-state index in [0.29, 0.717) is 6.04 Å². The van der Waals surface area contributed by atoms with Crippen molar-refractivity contribution in [1.29, 1.82) is 0 Å². The lowest BCUT2D eigenvalue weighted by Crippen LogP contribution is -2.25. The predicted octanol–water partition coefficient (Wildman–Crippen LogP) is 7.33. The van der Waals surface area contributed by atoms with Gasteiger partial charge in [0.15, 0.2) is 7.85 Å². The summed E-state index contributed by atoms with van der Waals surface area (Å²) >= 11 is 0. The van der Waals surface area contributed by atoms with E-state index in [0.717, 1.165) is 12.8 Å². The Hall–Kier alpha value is -3.99. The van der Waals surface area contributed by atoms with Crippen LogP contribution < -0.4 is 5.59 Å². The molecule has 5 aromatic rings. The van der Waals surface area contributed by atoms with E-state index < -0.39 is 0 Å². The molecule has 0 saturated heterocycles. The number of rotatable bonds is 8. The zero-order valence-corrected chi connectivity index (χ0v) is 27.0. The van der Waals surface area contributed by atoms with Gasteiger partial charge in [-0.2, -0.15) is 0 Å². The second kappa shape index (κ2) is 11.3. The van der Waals surface area contributed by atoms with Gasteiger partial charge < -0.3 is 15.0 Å². The van der Waals surface area contributed by atoms with Crippen LogP contribution in [-0.4, -0.2) is 34.6 Å². The number of hydrogen-bond acceptors (Lipinski definition) is 1. The summed E-state index contributed by atoms with van der Waals surface area (Å²) in [5.41, 5.74) is 16.6. The van der Waals surface area contributed by atoms with Crippen LogP contribution >= 0.6 is 0 Å². The molecule has 0 bridgehead atoms. The van der Waals surface area contributed by atoms with Crippen molar-refractivity contribution in [3.63, 3.8) is 0 Å². The number of aromatic amines is 3. The average molecular weight is 569 g/mol. The monoisotopic (exact) mass is 568 g/mol. The van der Waals surface area contributed by atoms with E-state index in [4.69, 9.17) is 4.99 Å². The van der Waals surface area contributed by atoms with Crippen LogP contribution in [0.25, 0.3) is 0 Å². The molecular formula is C38H45BN4. The fourth-order valence-electron chi connectivity index (χ4n) is 7.41. The van der Waals surface area contributed by atoms with Gasteiger partial charge in [0, 0.05) is 40.6 Å². The minimum atomic E-state index is 0.0659. The van der Waals surface area contributed by atoms with Crippen molar-refractivity contribution in [1.82, 2.24) is 15.0 Å². The molecule has 6 rings (SSSR count). The number of benzene rings is 2. The number of nitrogens with one attached hydrogen (secondary N) is 3. The summed E-state index contributed by atoms with van der Waals surface area (Å²) in [6.07, 6.45) is 2.01. The summed E-state index contributed by atoms with van der Waals surface area (Å²) in [4.78, 5) is 16.4. The number of nitrogens with zero attached hydrogens (tertiary/aromatic N) is 1. The quantitative estimate of drug-likeness (QED) is 0.164. The molecule has 3 atom stereocenters. The first-order valence-electron chi connectivity index (χ1n) is 15.7. The van der Waals surface area contributed by atoms with Gasteiger partial charge in [-0.1, -0.05) is 67.4 Å². The Kier molecular flexibility index (Phi) is 7.62. The van der Waals surface area contributed by atoms with Gasteiger partial charge in [-0.05, 0) is 105 Å². The van der Waals surface area contributed by atoms with Gasteiger partial charge in [-0.25, -0.2) is 0 Å². The molecule has 3 aromatic heterocycles. The van der Waals surface area contributed by atoms with Gasteiger partial charge in [0.2, 0.25) is 0 Å². The number of aryl methyl sites for hydroxylation is 4. The highest BCUT2D eigenvalue weighted by Gasteiger charge is 2.35. The first kappa shape index (κ1) is 29.1. The molecular weight excluding hydrogens is 523 g/mol. The fourth-order valence-corrected chi connectivity index (χ4v) is 7.41. The summed E-state index contributed by atoms with van der Waals surface area (Å²) in [7, 11) is 2.13. The molecule has 4 heterocycles. The van der Waals surface area contributed by atoms with Crippen LogP contribution in [-0.2, 0) is 6.42 Å². The third-order valence-electron chi connectivity index (χ3n) is 9.44. The lowest BCUT2D eigenvalue weighted by atomic mass is 9.81. The minimum Gasteiger partial charge on any atom is -0.371 e. The van der Waals surface area contributed by atoms with Crippen LogP contribution in [0.2, 0.25) is 0 Å². The molecule has 3 N–H and O–H groups in total. The van der Waals surface area contributed by atoms with Crippen molar-refractivity contribution in [2.45, 2.75) is 79.2 Å². The molecule has 2 aromatic carbocycles. The van der Waals surface area contributed by atoms with Gasteiger partial charge in [0.25, 0.3) is 0 Å². The largest absolute Gasteiger partial charge is 0.371 e. The van der Waals surface area contributed by atoms with Crippen LogP contribution in [0.3, 0.4) is 0 Å².